The van der Waals surface area contributed by atoms with Gasteiger partial charge in [0.1, 0.15) is 17.2 Å². The maximum absolute atomic E-state index is 5.47. The molecule has 0 saturated carbocycles. The van der Waals surface area contributed by atoms with Crippen LogP contribution in [-0.4, -0.2) is 65.9 Å². The Morgan fingerprint density at radius 3 is 2.79 bits per heavy atom. The first-order chi connectivity index (χ1) is 13.9. The van der Waals surface area contributed by atoms with Gasteiger partial charge in [0.25, 0.3) is 0 Å². The Morgan fingerprint density at radius 2 is 1.93 bits per heavy atom. The number of nitrogens with zero attached hydrogens (tertiary/aromatic N) is 6. The van der Waals surface area contributed by atoms with Gasteiger partial charge in [-0.15, -0.1) is 11.3 Å². The summed E-state index contributed by atoms with van der Waals surface area (Å²) in [5, 5.41) is 4.33. The van der Waals surface area contributed by atoms with Crippen molar-refractivity contribution in [2.75, 3.05) is 55.9 Å². The number of morpholine rings is 1. The molecule has 0 amide bonds. The second kappa shape index (κ2) is 7.98. The molecular weight excluding hydrogens is 372 g/mol. The summed E-state index contributed by atoms with van der Waals surface area (Å²) in [6.07, 6.45) is 4.70. The lowest BCUT2D eigenvalue weighted by molar-refractivity contribution is 0.122. The summed E-state index contributed by atoms with van der Waals surface area (Å²) in [6, 6.07) is 6.55. The van der Waals surface area contributed by atoms with E-state index >= 15 is 0 Å². The van der Waals surface area contributed by atoms with Gasteiger partial charge in [-0.1, -0.05) is 0 Å². The van der Waals surface area contributed by atoms with E-state index in [1.54, 1.807) is 17.7 Å². The van der Waals surface area contributed by atoms with Crippen molar-refractivity contribution in [2.24, 2.45) is 0 Å². The molecular formula is C20H24N6OS. The van der Waals surface area contributed by atoms with Gasteiger partial charge in [-0.25, -0.2) is 15.0 Å². The summed E-state index contributed by atoms with van der Waals surface area (Å²) in [5.74, 6) is 1.03. The van der Waals surface area contributed by atoms with Crippen molar-refractivity contribution in [1.29, 1.82) is 0 Å². The second-order valence-electron chi connectivity index (χ2n) is 7.23. The highest BCUT2D eigenvalue weighted by molar-refractivity contribution is 7.09. The number of ether oxygens (including phenoxy) is 1. The van der Waals surface area contributed by atoms with Crippen LogP contribution in [0.1, 0.15) is 11.4 Å². The number of aromatic nitrogens is 3. The molecule has 2 saturated heterocycles. The highest BCUT2D eigenvalue weighted by atomic mass is 32.1. The van der Waals surface area contributed by atoms with Gasteiger partial charge < -0.3 is 14.5 Å². The summed E-state index contributed by atoms with van der Waals surface area (Å²) >= 11 is 1.72. The van der Waals surface area contributed by atoms with Crippen LogP contribution in [0, 0.1) is 0 Å². The number of hydrogen-bond donors (Lipinski definition) is 0. The fourth-order valence-corrected chi connectivity index (χ4v) is 4.65. The molecule has 0 N–H and O–H groups in total. The molecule has 8 heteroatoms. The lowest BCUT2D eigenvalue weighted by Gasteiger charge is -2.36. The molecule has 0 unspecified atom stereocenters. The number of rotatable bonds is 4. The molecule has 2 aliphatic rings. The van der Waals surface area contributed by atoms with Gasteiger partial charge in [0, 0.05) is 48.8 Å². The van der Waals surface area contributed by atoms with E-state index in [9.17, 15) is 0 Å². The van der Waals surface area contributed by atoms with Crippen LogP contribution in [0.25, 0.3) is 10.9 Å². The van der Waals surface area contributed by atoms with E-state index in [2.05, 4.69) is 47.9 Å². The highest BCUT2D eigenvalue weighted by Crippen LogP contribution is 2.29. The third kappa shape index (κ3) is 3.67. The normalized spacial score (nSPS) is 18.7. The summed E-state index contributed by atoms with van der Waals surface area (Å²) in [5.41, 5.74) is 2.22. The lowest BCUT2D eigenvalue weighted by atomic mass is 10.1. The number of hydrogen-bond acceptors (Lipinski definition) is 8. The molecule has 2 aromatic heterocycles. The average Bonchev–Trinajstić information content (AvgIpc) is 3.27. The van der Waals surface area contributed by atoms with Crippen molar-refractivity contribution in [3.05, 3.63) is 41.1 Å². The Bertz CT molecular complexity index is 928. The molecule has 28 heavy (non-hydrogen) atoms. The van der Waals surface area contributed by atoms with Crippen molar-refractivity contribution in [2.45, 2.75) is 13.0 Å². The second-order valence-corrected chi connectivity index (χ2v) is 8.21. The number of anilines is 2. The molecule has 2 fully saturated rings. The van der Waals surface area contributed by atoms with Crippen LogP contribution in [-0.2, 0) is 11.3 Å². The van der Waals surface area contributed by atoms with E-state index in [1.165, 1.54) is 10.7 Å². The van der Waals surface area contributed by atoms with Crippen molar-refractivity contribution in [1.82, 2.24) is 19.9 Å². The zero-order valence-corrected chi connectivity index (χ0v) is 16.6. The minimum Gasteiger partial charge on any atom is -0.378 e. The number of benzene rings is 1. The fraction of sp³-hybridized carbons (Fsp3) is 0.450. The molecule has 3 aromatic rings. The predicted molar refractivity (Wildman–Crippen MR) is 112 cm³/mol. The fourth-order valence-electron chi connectivity index (χ4n) is 3.99. The Balaban J connectivity index is 1.38. The van der Waals surface area contributed by atoms with Gasteiger partial charge >= 0.3 is 0 Å². The van der Waals surface area contributed by atoms with E-state index in [0.29, 0.717) is 0 Å². The molecule has 146 valence electrons. The third-order valence-electron chi connectivity index (χ3n) is 5.39. The van der Waals surface area contributed by atoms with Gasteiger partial charge in [-0.05, 0) is 24.6 Å². The zero-order valence-electron chi connectivity index (χ0n) is 15.8. The van der Waals surface area contributed by atoms with E-state index in [0.717, 1.165) is 75.7 Å². The third-order valence-corrected chi connectivity index (χ3v) is 6.15. The summed E-state index contributed by atoms with van der Waals surface area (Å²) in [4.78, 5) is 20.8. The molecule has 7 nitrogen and oxygen atoms in total. The van der Waals surface area contributed by atoms with Crippen molar-refractivity contribution >= 4 is 33.7 Å². The van der Waals surface area contributed by atoms with Crippen LogP contribution in [0.4, 0.5) is 11.5 Å². The van der Waals surface area contributed by atoms with Crippen LogP contribution < -0.4 is 9.80 Å². The molecule has 5 rings (SSSR count). The van der Waals surface area contributed by atoms with Gasteiger partial charge in [0.05, 0.1) is 31.9 Å². The first-order valence-electron chi connectivity index (χ1n) is 9.80. The molecule has 0 aliphatic carbocycles. The minimum absolute atomic E-state index is 0.787. The topological polar surface area (TPSA) is 57.6 Å². The lowest BCUT2D eigenvalue weighted by Crippen LogP contribution is -2.44. The van der Waals surface area contributed by atoms with E-state index in [-0.39, 0.29) is 0 Å². The van der Waals surface area contributed by atoms with Gasteiger partial charge in [-0.3, -0.25) is 4.90 Å². The van der Waals surface area contributed by atoms with Crippen molar-refractivity contribution < 1.29 is 4.74 Å². The molecule has 2 aliphatic heterocycles. The Morgan fingerprint density at radius 1 is 1.00 bits per heavy atom. The maximum atomic E-state index is 5.47. The predicted octanol–water partition coefficient (Wildman–Crippen LogP) is 2.59. The minimum atomic E-state index is 0.787. The van der Waals surface area contributed by atoms with E-state index < -0.39 is 0 Å². The standard InChI is InChI=1S/C20H24N6OS/c1-5-24(13-19-21-4-11-28-19)15-26(6-1)20-17-3-2-16(12-18(17)22-14-23-20)25-7-9-27-10-8-25/h2-4,11-12,14H,1,5-10,13,15H2. The molecule has 0 atom stereocenters. The molecule has 1 aromatic carbocycles. The van der Waals surface area contributed by atoms with Gasteiger partial charge in [-0.2, -0.15) is 0 Å². The Hall–Kier alpha value is -2.29. The van der Waals surface area contributed by atoms with Gasteiger partial charge in [0.2, 0.25) is 0 Å². The Kier molecular flexibility index (Phi) is 5.07. The summed E-state index contributed by atoms with van der Waals surface area (Å²) in [6.45, 7) is 7.33. The summed E-state index contributed by atoms with van der Waals surface area (Å²) in [7, 11) is 0. The van der Waals surface area contributed by atoms with Crippen LogP contribution >= 0.6 is 11.3 Å². The molecule has 4 heterocycles. The van der Waals surface area contributed by atoms with Crippen LogP contribution in [0.5, 0.6) is 0 Å². The molecule has 0 bridgehead atoms. The van der Waals surface area contributed by atoms with Crippen molar-refractivity contribution in [3.8, 4) is 0 Å². The average molecular weight is 397 g/mol. The SMILES string of the molecule is c1csc(CN2CCCN(c3ncnc4cc(N5CCOCC5)ccc34)C2)n1. The monoisotopic (exact) mass is 396 g/mol. The zero-order chi connectivity index (χ0) is 18.8. The van der Waals surface area contributed by atoms with Crippen LogP contribution in [0.3, 0.4) is 0 Å². The molecule has 0 radical (unpaired) electrons. The maximum Gasteiger partial charge on any atom is 0.140 e. The molecule has 0 spiro atoms. The van der Waals surface area contributed by atoms with Crippen molar-refractivity contribution in [3.63, 3.8) is 0 Å². The first kappa shape index (κ1) is 17.8. The van der Waals surface area contributed by atoms with E-state index in [4.69, 9.17) is 4.74 Å². The quantitative estimate of drug-likeness (QED) is 0.672. The largest absolute Gasteiger partial charge is 0.378 e. The first-order valence-corrected chi connectivity index (χ1v) is 10.7. The smallest absolute Gasteiger partial charge is 0.140 e. The number of fused-ring (bicyclic) bond motifs is 1. The summed E-state index contributed by atoms with van der Waals surface area (Å²) < 4.78 is 5.47. The van der Waals surface area contributed by atoms with Gasteiger partial charge in [0.15, 0.2) is 0 Å². The van der Waals surface area contributed by atoms with Crippen LogP contribution in [0.15, 0.2) is 36.1 Å². The van der Waals surface area contributed by atoms with E-state index in [1.807, 2.05) is 11.6 Å². The Labute approximate surface area is 168 Å². The van der Waals surface area contributed by atoms with Crippen LogP contribution in [0.2, 0.25) is 0 Å². The number of thiazole rings is 1. The highest BCUT2D eigenvalue weighted by Gasteiger charge is 2.21.